The summed E-state index contributed by atoms with van der Waals surface area (Å²) in [4.78, 5) is 14.1. The minimum atomic E-state index is -0.727. The van der Waals surface area contributed by atoms with Gasteiger partial charge >= 0.3 is 0 Å². The topological polar surface area (TPSA) is 34.9 Å². The standard InChI is InChI=1S/C6H7FN2O/c1-2-9-4-8-5(7)3-6(9)10/h3-4H,2H2,1H3. The Labute approximate surface area is 57.1 Å². The van der Waals surface area contributed by atoms with Gasteiger partial charge in [-0.25, -0.2) is 4.98 Å². The van der Waals surface area contributed by atoms with Crippen LogP contribution in [-0.4, -0.2) is 9.55 Å². The summed E-state index contributed by atoms with van der Waals surface area (Å²) in [6.07, 6.45) is 1.19. The predicted molar refractivity (Wildman–Crippen MR) is 34.1 cm³/mol. The number of aryl methyl sites for hydroxylation is 1. The number of aromatic nitrogens is 2. The molecule has 0 saturated carbocycles. The Hall–Kier alpha value is -1.19. The molecule has 0 aliphatic rings. The van der Waals surface area contributed by atoms with Gasteiger partial charge in [-0.15, -0.1) is 0 Å². The van der Waals surface area contributed by atoms with Crippen molar-refractivity contribution in [3.05, 3.63) is 28.7 Å². The van der Waals surface area contributed by atoms with Gasteiger partial charge in [-0.05, 0) is 6.92 Å². The fraction of sp³-hybridized carbons (Fsp3) is 0.333. The van der Waals surface area contributed by atoms with E-state index >= 15 is 0 Å². The molecule has 0 unspecified atom stereocenters. The van der Waals surface area contributed by atoms with Gasteiger partial charge in [0, 0.05) is 6.54 Å². The van der Waals surface area contributed by atoms with Gasteiger partial charge in [0.2, 0.25) is 5.95 Å². The van der Waals surface area contributed by atoms with E-state index < -0.39 is 5.95 Å². The minimum Gasteiger partial charge on any atom is -0.299 e. The molecule has 0 N–H and O–H groups in total. The Kier molecular flexibility index (Phi) is 1.80. The summed E-state index contributed by atoms with van der Waals surface area (Å²) in [6.45, 7) is 2.31. The molecule has 0 radical (unpaired) electrons. The fourth-order valence-corrected chi connectivity index (χ4v) is 0.641. The molecule has 0 saturated heterocycles. The normalized spacial score (nSPS) is 9.80. The van der Waals surface area contributed by atoms with Crippen LogP contribution in [0.4, 0.5) is 4.39 Å². The van der Waals surface area contributed by atoms with Gasteiger partial charge in [0.25, 0.3) is 5.56 Å². The van der Waals surface area contributed by atoms with Crippen molar-refractivity contribution in [1.29, 1.82) is 0 Å². The molecular formula is C6H7FN2O. The van der Waals surface area contributed by atoms with Crippen LogP contribution in [0.2, 0.25) is 0 Å². The molecule has 4 heteroatoms. The summed E-state index contributed by atoms with van der Waals surface area (Å²) in [6, 6.07) is 0.865. The van der Waals surface area contributed by atoms with Crippen molar-refractivity contribution in [2.75, 3.05) is 0 Å². The highest BCUT2D eigenvalue weighted by molar-refractivity contribution is 4.84. The van der Waals surface area contributed by atoms with Crippen molar-refractivity contribution < 1.29 is 4.39 Å². The molecule has 10 heavy (non-hydrogen) atoms. The number of rotatable bonds is 1. The van der Waals surface area contributed by atoms with Gasteiger partial charge < -0.3 is 0 Å². The fourth-order valence-electron chi connectivity index (χ4n) is 0.641. The zero-order valence-corrected chi connectivity index (χ0v) is 5.54. The lowest BCUT2D eigenvalue weighted by Crippen LogP contribution is -2.18. The number of hydrogen-bond acceptors (Lipinski definition) is 2. The molecule has 3 nitrogen and oxygen atoms in total. The molecule has 0 bridgehead atoms. The first-order valence-corrected chi connectivity index (χ1v) is 2.96. The highest BCUT2D eigenvalue weighted by Crippen LogP contribution is 1.83. The molecule has 0 fully saturated rings. The van der Waals surface area contributed by atoms with Crippen molar-refractivity contribution >= 4 is 0 Å². The largest absolute Gasteiger partial charge is 0.299 e. The zero-order valence-electron chi connectivity index (χ0n) is 5.54. The molecule has 1 rings (SSSR count). The second-order valence-electron chi connectivity index (χ2n) is 1.84. The van der Waals surface area contributed by atoms with Crippen LogP contribution in [0, 0.1) is 5.95 Å². The number of nitrogens with zero attached hydrogens (tertiary/aromatic N) is 2. The van der Waals surface area contributed by atoms with E-state index in [1.54, 1.807) is 6.92 Å². The van der Waals surface area contributed by atoms with E-state index in [0.717, 1.165) is 6.07 Å². The van der Waals surface area contributed by atoms with Crippen LogP contribution in [0.25, 0.3) is 0 Å². The highest BCUT2D eigenvalue weighted by Gasteiger charge is 1.94. The highest BCUT2D eigenvalue weighted by atomic mass is 19.1. The molecule has 1 aromatic rings. The minimum absolute atomic E-state index is 0.352. The van der Waals surface area contributed by atoms with E-state index in [1.165, 1.54) is 10.9 Å². The average molecular weight is 142 g/mol. The summed E-state index contributed by atoms with van der Waals surface area (Å²) in [5, 5.41) is 0. The number of halogens is 1. The first-order valence-electron chi connectivity index (χ1n) is 2.96. The molecule has 1 heterocycles. The Morgan fingerprint density at radius 3 is 3.00 bits per heavy atom. The summed E-state index contributed by atoms with van der Waals surface area (Å²) < 4.78 is 13.5. The SMILES string of the molecule is CCn1cnc(F)cc1=O. The van der Waals surface area contributed by atoms with Crippen molar-refractivity contribution in [3.8, 4) is 0 Å². The van der Waals surface area contributed by atoms with Gasteiger partial charge in [-0.1, -0.05) is 0 Å². The molecule has 0 spiro atoms. The van der Waals surface area contributed by atoms with E-state index in [2.05, 4.69) is 4.98 Å². The van der Waals surface area contributed by atoms with Crippen LogP contribution in [0.15, 0.2) is 17.2 Å². The summed E-state index contributed by atoms with van der Waals surface area (Å²) in [5.74, 6) is -0.727. The lowest BCUT2D eigenvalue weighted by atomic mass is 10.6. The monoisotopic (exact) mass is 142 g/mol. The second kappa shape index (κ2) is 2.60. The van der Waals surface area contributed by atoms with Crippen LogP contribution in [0.1, 0.15) is 6.92 Å². The third-order valence-electron chi connectivity index (χ3n) is 1.19. The zero-order chi connectivity index (χ0) is 7.56. The van der Waals surface area contributed by atoms with Crippen LogP contribution < -0.4 is 5.56 Å². The van der Waals surface area contributed by atoms with Crippen LogP contribution in [0.5, 0.6) is 0 Å². The van der Waals surface area contributed by atoms with Crippen LogP contribution >= 0.6 is 0 Å². The molecule has 0 aliphatic carbocycles. The smallest absolute Gasteiger partial charge is 0.256 e. The maximum Gasteiger partial charge on any atom is 0.256 e. The van der Waals surface area contributed by atoms with E-state index in [1.807, 2.05) is 0 Å². The maximum absolute atomic E-state index is 12.2. The maximum atomic E-state index is 12.2. The van der Waals surface area contributed by atoms with E-state index in [-0.39, 0.29) is 5.56 Å². The molecule has 1 aromatic heterocycles. The van der Waals surface area contributed by atoms with E-state index in [9.17, 15) is 9.18 Å². The van der Waals surface area contributed by atoms with Crippen molar-refractivity contribution in [2.45, 2.75) is 13.5 Å². The van der Waals surface area contributed by atoms with Crippen molar-refractivity contribution in [2.24, 2.45) is 0 Å². The van der Waals surface area contributed by atoms with Gasteiger partial charge in [0.1, 0.15) is 6.33 Å². The first kappa shape index (κ1) is 6.92. The summed E-state index contributed by atoms with van der Waals surface area (Å²) in [7, 11) is 0. The van der Waals surface area contributed by atoms with Gasteiger partial charge in [0.05, 0.1) is 6.07 Å². The van der Waals surface area contributed by atoms with E-state index in [0.29, 0.717) is 6.54 Å². The van der Waals surface area contributed by atoms with Crippen molar-refractivity contribution in [1.82, 2.24) is 9.55 Å². The van der Waals surface area contributed by atoms with Gasteiger partial charge in [-0.3, -0.25) is 9.36 Å². The Bertz CT molecular complexity index is 281. The average Bonchev–Trinajstić information content (AvgIpc) is 1.88. The predicted octanol–water partition coefficient (Wildman–Crippen LogP) is 0.402. The van der Waals surface area contributed by atoms with Crippen LogP contribution in [0.3, 0.4) is 0 Å². The van der Waals surface area contributed by atoms with E-state index in [4.69, 9.17) is 0 Å². The quantitative estimate of drug-likeness (QED) is 0.532. The van der Waals surface area contributed by atoms with Crippen LogP contribution in [-0.2, 0) is 6.54 Å². The molecule has 54 valence electrons. The Morgan fingerprint density at radius 1 is 1.80 bits per heavy atom. The second-order valence-corrected chi connectivity index (χ2v) is 1.84. The molecule has 0 aromatic carbocycles. The first-order chi connectivity index (χ1) is 4.74. The molecular weight excluding hydrogens is 135 g/mol. The summed E-state index contributed by atoms with van der Waals surface area (Å²) >= 11 is 0. The lowest BCUT2D eigenvalue weighted by molar-refractivity contribution is 0.557. The van der Waals surface area contributed by atoms with Gasteiger partial charge in [0.15, 0.2) is 0 Å². The van der Waals surface area contributed by atoms with Crippen molar-refractivity contribution in [3.63, 3.8) is 0 Å². The number of hydrogen-bond donors (Lipinski definition) is 0. The third-order valence-corrected chi connectivity index (χ3v) is 1.19. The molecule has 0 atom stereocenters. The molecule has 0 aliphatic heterocycles. The summed E-state index contributed by atoms with van der Waals surface area (Å²) in [5.41, 5.74) is -0.352. The molecule has 0 amide bonds. The third kappa shape index (κ3) is 1.21. The lowest BCUT2D eigenvalue weighted by Gasteiger charge is -1.96. The Morgan fingerprint density at radius 2 is 2.50 bits per heavy atom. The Balaban J connectivity index is 3.20. The van der Waals surface area contributed by atoms with Gasteiger partial charge in [-0.2, -0.15) is 4.39 Å².